The molecule has 0 heterocycles. The van der Waals surface area contributed by atoms with Crippen molar-refractivity contribution in [2.45, 2.75) is 19.8 Å². The number of rotatable bonds is 3. The van der Waals surface area contributed by atoms with Crippen molar-refractivity contribution in [3.63, 3.8) is 0 Å². The van der Waals surface area contributed by atoms with Crippen LogP contribution in [0.2, 0.25) is 0 Å². The van der Waals surface area contributed by atoms with Gasteiger partial charge in [0.2, 0.25) is 0 Å². The Labute approximate surface area is 68.6 Å². The van der Waals surface area contributed by atoms with Crippen LogP contribution in [0.3, 0.4) is 0 Å². The fourth-order valence-corrected chi connectivity index (χ4v) is 1.19. The fraction of sp³-hybridized carbons (Fsp3) is 0.273. The van der Waals surface area contributed by atoms with Crippen molar-refractivity contribution < 1.29 is 0 Å². The van der Waals surface area contributed by atoms with Crippen LogP contribution < -0.4 is 0 Å². The van der Waals surface area contributed by atoms with Crippen molar-refractivity contribution in [3.05, 3.63) is 42.0 Å². The van der Waals surface area contributed by atoms with Crippen LogP contribution in [0.15, 0.2) is 24.3 Å². The third-order valence-corrected chi connectivity index (χ3v) is 1.75. The van der Waals surface area contributed by atoms with Gasteiger partial charge in [-0.15, -0.1) is 0 Å². The number of benzene rings is 1. The lowest BCUT2D eigenvalue weighted by Crippen LogP contribution is -1.86. The minimum absolute atomic E-state index is 1.11. The number of aryl methyl sites for hydroxylation is 1. The molecule has 0 unspecified atom stereocenters. The van der Waals surface area contributed by atoms with Crippen molar-refractivity contribution in [2.75, 3.05) is 0 Å². The van der Waals surface area contributed by atoms with Gasteiger partial charge in [-0.25, -0.2) is 0 Å². The van der Waals surface area contributed by atoms with Gasteiger partial charge in [0.1, 0.15) is 0 Å². The quantitative estimate of drug-likeness (QED) is 0.613. The van der Waals surface area contributed by atoms with Gasteiger partial charge in [0.25, 0.3) is 0 Å². The van der Waals surface area contributed by atoms with Crippen LogP contribution in [-0.2, 0) is 6.42 Å². The molecule has 0 nitrogen and oxygen atoms in total. The summed E-state index contributed by atoms with van der Waals surface area (Å²) in [6.45, 7) is 7.63. The molecule has 11 heavy (non-hydrogen) atoms. The molecule has 0 fully saturated rings. The van der Waals surface area contributed by atoms with E-state index in [1.54, 1.807) is 6.08 Å². The van der Waals surface area contributed by atoms with Crippen LogP contribution in [0.25, 0.3) is 6.08 Å². The maximum Gasteiger partial charge on any atom is -0.0225 e. The Morgan fingerprint density at radius 1 is 1.36 bits per heavy atom. The average molecular weight is 145 g/mol. The van der Waals surface area contributed by atoms with Crippen LogP contribution in [-0.4, -0.2) is 0 Å². The van der Waals surface area contributed by atoms with Crippen molar-refractivity contribution in [1.29, 1.82) is 0 Å². The van der Waals surface area contributed by atoms with E-state index < -0.39 is 0 Å². The standard InChI is InChI=1S/C11H13/c1-3-7-11-9-6-5-8-10(11)4-2/h2,4-6,8-9H,3,7H2,1H3. The number of hydrogen-bond donors (Lipinski definition) is 0. The zero-order valence-corrected chi connectivity index (χ0v) is 6.88. The molecular formula is C11H13. The predicted octanol–water partition coefficient (Wildman–Crippen LogP) is 3.09. The molecule has 57 valence electrons. The summed E-state index contributed by atoms with van der Waals surface area (Å²) < 4.78 is 0. The molecule has 0 atom stereocenters. The highest BCUT2D eigenvalue weighted by molar-refractivity contribution is 5.50. The minimum atomic E-state index is 1.11. The first-order chi connectivity index (χ1) is 5.38. The van der Waals surface area contributed by atoms with E-state index in [4.69, 9.17) is 6.58 Å². The van der Waals surface area contributed by atoms with Crippen molar-refractivity contribution >= 4 is 6.08 Å². The minimum Gasteiger partial charge on any atom is -0.0651 e. The van der Waals surface area contributed by atoms with Crippen molar-refractivity contribution in [1.82, 2.24) is 0 Å². The molecule has 1 aromatic carbocycles. The Morgan fingerprint density at radius 2 is 2.09 bits per heavy atom. The lowest BCUT2D eigenvalue weighted by atomic mass is 10.0. The van der Waals surface area contributed by atoms with Gasteiger partial charge in [0.15, 0.2) is 0 Å². The van der Waals surface area contributed by atoms with E-state index in [1.165, 1.54) is 12.0 Å². The Kier molecular flexibility index (Phi) is 2.91. The normalized spacial score (nSPS) is 9.55. The van der Waals surface area contributed by atoms with E-state index in [1.807, 2.05) is 12.1 Å². The van der Waals surface area contributed by atoms with E-state index in [0.717, 1.165) is 12.0 Å². The smallest absolute Gasteiger partial charge is 0.0225 e. The monoisotopic (exact) mass is 145 g/mol. The summed E-state index contributed by atoms with van der Waals surface area (Å²) in [6.07, 6.45) is 3.96. The Balaban J connectivity index is 2.92. The SMILES string of the molecule is [CH]=Cc1ccccc1CCC. The second kappa shape index (κ2) is 3.97. The highest BCUT2D eigenvalue weighted by Gasteiger charge is 1.94. The Morgan fingerprint density at radius 3 is 2.73 bits per heavy atom. The lowest BCUT2D eigenvalue weighted by molar-refractivity contribution is 0.919. The molecule has 0 aromatic heterocycles. The van der Waals surface area contributed by atoms with Gasteiger partial charge in [-0.2, -0.15) is 0 Å². The molecule has 0 aliphatic carbocycles. The molecule has 0 aliphatic heterocycles. The van der Waals surface area contributed by atoms with Crippen molar-refractivity contribution in [3.8, 4) is 0 Å². The molecular weight excluding hydrogens is 132 g/mol. The van der Waals surface area contributed by atoms with E-state index >= 15 is 0 Å². The summed E-state index contributed by atoms with van der Waals surface area (Å²) in [5.74, 6) is 0. The average Bonchev–Trinajstić information content (AvgIpc) is 2.06. The summed E-state index contributed by atoms with van der Waals surface area (Å²) in [5.41, 5.74) is 2.51. The molecule has 0 amide bonds. The van der Waals surface area contributed by atoms with Gasteiger partial charge in [-0.05, 0) is 17.5 Å². The zero-order chi connectivity index (χ0) is 8.10. The third-order valence-electron chi connectivity index (χ3n) is 1.75. The van der Waals surface area contributed by atoms with Crippen LogP contribution in [0, 0.1) is 6.58 Å². The second-order valence-corrected chi connectivity index (χ2v) is 2.62. The largest absolute Gasteiger partial charge is 0.0651 e. The van der Waals surface area contributed by atoms with Gasteiger partial charge in [-0.3, -0.25) is 0 Å². The second-order valence-electron chi connectivity index (χ2n) is 2.62. The third kappa shape index (κ3) is 1.94. The highest BCUT2D eigenvalue weighted by atomic mass is 14.0. The number of hydrogen-bond acceptors (Lipinski definition) is 0. The Hall–Kier alpha value is -1.04. The van der Waals surface area contributed by atoms with Crippen LogP contribution in [0.1, 0.15) is 24.5 Å². The molecule has 0 N–H and O–H groups in total. The summed E-state index contributed by atoms with van der Waals surface area (Å²) in [6, 6.07) is 8.24. The summed E-state index contributed by atoms with van der Waals surface area (Å²) in [4.78, 5) is 0. The summed E-state index contributed by atoms with van der Waals surface area (Å²) >= 11 is 0. The molecule has 0 saturated carbocycles. The molecule has 0 heteroatoms. The van der Waals surface area contributed by atoms with E-state index in [0.29, 0.717) is 0 Å². The van der Waals surface area contributed by atoms with Gasteiger partial charge in [-0.1, -0.05) is 50.3 Å². The molecule has 0 saturated heterocycles. The van der Waals surface area contributed by atoms with Crippen LogP contribution in [0.4, 0.5) is 0 Å². The van der Waals surface area contributed by atoms with E-state index in [-0.39, 0.29) is 0 Å². The topological polar surface area (TPSA) is 0 Å². The van der Waals surface area contributed by atoms with Crippen LogP contribution in [0.5, 0.6) is 0 Å². The maximum absolute atomic E-state index is 5.46. The van der Waals surface area contributed by atoms with Gasteiger partial charge >= 0.3 is 0 Å². The van der Waals surface area contributed by atoms with Gasteiger partial charge < -0.3 is 0 Å². The first-order valence-corrected chi connectivity index (χ1v) is 4.01. The zero-order valence-electron chi connectivity index (χ0n) is 6.88. The van der Waals surface area contributed by atoms with E-state index in [2.05, 4.69) is 19.1 Å². The molecule has 1 rings (SSSR count). The lowest BCUT2D eigenvalue weighted by Gasteiger charge is -2.02. The van der Waals surface area contributed by atoms with Gasteiger partial charge in [0.05, 0.1) is 0 Å². The summed E-state index contributed by atoms with van der Waals surface area (Å²) in [7, 11) is 0. The highest BCUT2D eigenvalue weighted by Crippen LogP contribution is 2.11. The maximum atomic E-state index is 5.46. The van der Waals surface area contributed by atoms with Crippen LogP contribution >= 0.6 is 0 Å². The fourth-order valence-electron chi connectivity index (χ4n) is 1.19. The summed E-state index contributed by atoms with van der Waals surface area (Å²) in [5, 5.41) is 0. The van der Waals surface area contributed by atoms with E-state index in [9.17, 15) is 0 Å². The first-order valence-electron chi connectivity index (χ1n) is 4.01. The first kappa shape index (κ1) is 8.06. The predicted molar refractivity (Wildman–Crippen MR) is 49.2 cm³/mol. The molecule has 1 radical (unpaired) electrons. The Bertz CT molecular complexity index is 236. The molecule has 0 aliphatic rings. The van der Waals surface area contributed by atoms with Gasteiger partial charge in [0, 0.05) is 0 Å². The van der Waals surface area contributed by atoms with Crippen molar-refractivity contribution in [2.24, 2.45) is 0 Å². The molecule has 0 spiro atoms. The molecule has 0 bridgehead atoms. The molecule has 1 aromatic rings.